The quantitative estimate of drug-likeness (QED) is 0.618. The summed E-state index contributed by atoms with van der Waals surface area (Å²) in [6.45, 7) is 10.0. The molecule has 1 aliphatic rings. The van der Waals surface area contributed by atoms with Gasteiger partial charge in [-0.25, -0.2) is 10.2 Å². The van der Waals surface area contributed by atoms with Gasteiger partial charge in [0.25, 0.3) is 0 Å². The fourth-order valence-corrected chi connectivity index (χ4v) is 2.75. The molecule has 1 aromatic carbocycles. The average molecular weight is 365 g/mol. The number of nitrogens with zero attached hydrogens (tertiary/aromatic N) is 3. The van der Waals surface area contributed by atoms with E-state index in [1.807, 2.05) is 45.0 Å². The molecule has 2 N–H and O–H groups in total. The molecule has 7 heteroatoms. The number of nitrogens with one attached hydrogen (secondary N) is 2. The van der Waals surface area contributed by atoms with Crippen LogP contribution in [0.3, 0.4) is 0 Å². The zero-order chi connectivity index (χ0) is 19.4. The first kappa shape index (κ1) is 18.6. The molecule has 2 aromatic rings. The molecule has 0 unspecified atom stereocenters. The number of aromatic nitrogens is 2. The number of allylic oxidation sites excluding steroid dienone is 3. The van der Waals surface area contributed by atoms with Crippen molar-refractivity contribution in [2.45, 2.75) is 33.6 Å². The number of hydrogen-bond acceptors (Lipinski definition) is 5. The van der Waals surface area contributed by atoms with Crippen molar-refractivity contribution in [1.29, 1.82) is 0 Å². The van der Waals surface area contributed by atoms with Gasteiger partial charge >= 0.3 is 12.0 Å². The fraction of sp³-hybridized carbons (Fsp3) is 0.300. The van der Waals surface area contributed by atoms with Gasteiger partial charge in [0.2, 0.25) is 5.89 Å². The monoisotopic (exact) mass is 365 g/mol. The number of carbonyl (C=O) groups excluding carboxylic acids is 1. The van der Waals surface area contributed by atoms with Gasteiger partial charge in [-0.15, -0.1) is 5.10 Å². The van der Waals surface area contributed by atoms with E-state index >= 15 is 0 Å². The van der Waals surface area contributed by atoms with E-state index in [0.717, 1.165) is 40.8 Å². The van der Waals surface area contributed by atoms with E-state index in [-0.39, 0.29) is 6.01 Å². The summed E-state index contributed by atoms with van der Waals surface area (Å²) >= 11 is 0. The van der Waals surface area contributed by atoms with Gasteiger partial charge in [-0.05, 0) is 57.2 Å². The minimum absolute atomic E-state index is 0.0130. The lowest BCUT2D eigenvalue weighted by molar-refractivity contribution is 0.252. The molecule has 0 bridgehead atoms. The summed E-state index contributed by atoms with van der Waals surface area (Å²) in [5.74, 6) is 0.692. The molecule has 0 saturated heterocycles. The lowest BCUT2D eigenvalue weighted by atomic mass is 9.85. The van der Waals surface area contributed by atoms with Gasteiger partial charge in [0.1, 0.15) is 0 Å². The third-order valence-corrected chi connectivity index (χ3v) is 4.54. The number of amides is 2. The van der Waals surface area contributed by atoms with Crippen LogP contribution in [0.25, 0.3) is 11.5 Å². The van der Waals surface area contributed by atoms with Crippen LogP contribution in [0.15, 0.2) is 57.6 Å². The van der Waals surface area contributed by atoms with Crippen LogP contribution < -0.4 is 10.7 Å². The molecule has 0 fully saturated rings. The van der Waals surface area contributed by atoms with E-state index in [4.69, 9.17) is 4.42 Å². The predicted octanol–water partition coefficient (Wildman–Crippen LogP) is 4.45. The van der Waals surface area contributed by atoms with E-state index < -0.39 is 6.03 Å². The van der Waals surface area contributed by atoms with Crippen LogP contribution in [-0.4, -0.2) is 21.9 Å². The first-order valence-corrected chi connectivity index (χ1v) is 8.79. The minimum Gasteiger partial charge on any atom is -0.403 e. The molecular formula is C20H23N5O2. The summed E-state index contributed by atoms with van der Waals surface area (Å²) in [6, 6.07) is 7.15. The second-order valence-corrected chi connectivity index (χ2v) is 6.77. The Labute approximate surface area is 158 Å². The molecule has 0 aliphatic heterocycles. The number of carbonyl (C=O) groups is 1. The molecule has 1 atom stereocenters. The van der Waals surface area contributed by atoms with Crippen molar-refractivity contribution in [3.8, 4) is 11.5 Å². The zero-order valence-electron chi connectivity index (χ0n) is 15.7. The molecule has 0 saturated carbocycles. The van der Waals surface area contributed by atoms with Crippen LogP contribution in [0.2, 0.25) is 0 Å². The molecular weight excluding hydrogens is 342 g/mol. The highest BCUT2D eigenvalue weighted by atomic mass is 16.4. The Morgan fingerprint density at radius 3 is 2.70 bits per heavy atom. The van der Waals surface area contributed by atoms with Crippen molar-refractivity contribution in [3.05, 3.63) is 53.6 Å². The van der Waals surface area contributed by atoms with Crippen molar-refractivity contribution in [1.82, 2.24) is 15.6 Å². The Kier molecular flexibility index (Phi) is 5.49. The summed E-state index contributed by atoms with van der Waals surface area (Å²) < 4.78 is 5.48. The number of rotatable bonds is 4. The number of urea groups is 1. The maximum atomic E-state index is 12.1. The first-order chi connectivity index (χ1) is 12.9. The van der Waals surface area contributed by atoms with Gasteiger partial charge in [-0.2, -0.15) is 5.10 Å². The number of aryl methyl sites for hydroxylation is 1. The molecule has 1 aliphatic carbocycles. The third-order valence-electron chi connectivity index (χ3n) is 4.54. The second-order valence-electron chi connectivity index (χ2n) is 6.77. The largest absolute Gasteiger partial charge is 0.403 e. The van der Waals surface area contributed by atoms with Gasteiger partial charge in [0.15, 0.2) is 0 Å². The molecule has 140 valence electrons. The Bertz CT molecular complexity index is 909. The molecule has 27 heavy (non-hydrogen) atoms. The number of benzene rings is 1. The van der Waals surface area contributed by atoms with Crippen molar-refractivity contribution in [2.24, 2.45) is 11.0 Å². The van der Waals surface area contributed by atoms with Crippen molar-refractivity contribution in [2.75, 3.05) is 5.32 Å². The molecule has 1 aromatic heterocycles. The van der Waals surface area contributed by atoms with Crippen LogP contribution >= 0.6 is 0 Å². The second kappa shape index (κ2) is 7.99. The summed E-state index contributed by atoms with van der Waals surface area (Å²) in [6.07, 6.45) is 3.83. The van der Waals surface area contributed by atoms with E-state index in [0.29, 0.717) is 11.8 Å². The van der Waals surface area contributed by atoms with E-state index in [1.165, 1.54) is 0 Å². The molecule has 0 spiro atoms. The first-order valence-electron chi connectivity index (χ1n) is 8.79. The Hall–Kier alpha value is -3.22. The molecule has 0 radical (unpaired) electrons. The fourth-order valence-electron chi connectivity index (χ4n) is 2.75. The lowest BCUT2D eigenvalue weighted by Gasteiger charge is -2.22. The van der Waals surface area contributed by atoms with Crippen LogP contribution in [-0.2, 0) is 0 Å². The highest BCUT2D eigenvalue weighted by Crippen LogP contribution is 2.26. The highest BCUT2D eigenvalue weighted by molar-refractivity contribution is 6.01. The maximum absolute atomic E-state index is 12.1. The molecule has 7 nitrogen and oxygen atoms in total. The Balaban J connectivity index is 1.61. The highest BCUT2D eigenvalue weighted by Gasteiger charge is 2.19. The smallest absolute Gasteiger partial charge is 0.343 e. The Morgan fingerprint density at radius 1 is 1.26 bits per heavy atom. The maximum Gasteiger partial charge on any atom is 0.343 e. The van der Waals surface area contributed by atoms with Crippen LogP contribution in [0.5, 0.6) is 0 Å². The van der Waals surface area contributed by atoms with Crippen molar-refractivity contribution >= 4 is 17.8 Å². The summed E-state index contributed by atoms with van der Waals surface area (Å²) in [5.41, 5.74) is 7.43. The van der Waals surface area contributed by atoms with Crippen LogP contribution in [0.1, 0.15) is 32.3 Å². The lowest BCUT2D eigenvalue weighted by Crippen LogP contribution is -2.27. The zero-order valence-corrected chi connectivity index (χ0v) is 15.7. The summed E-state index contributed by atoms with van der Waals surface area (Å²) in [5, 5.41) is 14.5. The van der Waals surface area contributed by atoms with Gasteiger partial charge in [0.05, 0.1) is 5.71 Å². The third kappa shape index (κ3) is 4.69. The molecule has 1 heterocycles. The molecule has 3 rings (SSSR count). The van der Waals surface area contributed by atoms with Crippen molar-refractivity contribution < 1.29 is 9.21 Å². The summed E-state index contributed by atoms with van der Waals surface area (Å²) in [4.78, 5) is 12.1. The van der Waals surface area contributed by atoms with Gasteiger partial charge < -0.3 is 4.42 Å². The van der Waals surface area contributed by atoms with Crippen LogP contribution in [0, 0.1) is 12.8 Å². The van der Waals surface area contributed by atoms with Gasteiger partial charge in [0, 0.05) is 5.56 Å². The normalized spacial score (nSPS) is 18.1. The molecule has 2 amide bonds. The predicted molar refractivity (Wildman–Crippen MR) is 105 cm³/mol. The van der Waals surface area contributed by atoms with Crippen LogP contribution in [0.4, 0.5) is 10.8 Å². The number of anilines is 1. The Morgan fingerprint density at radius 2 is 2.00 bits per heavy atom. The number of hydrazone groups is 1. The average Bonchev–Trinajstić information content (AvgIpc) is 3.09. The summed E-state index contributed by atoms with van der Waals surface area (Å²) in [7, 11) is 0. The van der Waals surface area contributed by atoms with E-state index in [2.05, 4.69) is 38.7 Å². The van der Waals surface area contributed by atoms with E-state index in [9.17, 15) is 4.79 Å². The van der Waals surface area contributed by atoms with Gasteiger partial charge in [-0.1, -0.05) is 41.0 Å². The van der Waals surface area contributed by atoms with Gasteiger partial charge in [-0.3, -0.25) is 5.32 Å². The van der Waals surface area contributed by atoms with E-state index in [1.54, 1.807) is 0 Å². The topological polar surface area (TPSA) is 92.4 Å². The minimum atomic E-state index is -0.535. The standard InChI is InChI=1S/C20H23N5O2/c1-12(2)16-10-7-14(4)17(11-16)22-24-19(26)21-20-25-23-18(27-20)15-8-5-13(3)6-9-15/h5-9,16H,1,10-11H2,2-4H3,(H2,21,24,25,26)/b22-17+/t16-/m1/s1. The SMILES string of the molecule is C=C(C)[C@@H]1CC=C(C)/C(=N/NC(=O)Nc2nnc(-c3ccc(C)cc3)o2)C1. The van der Waals surface area contributed by atoms with Crippen molar-refractivity contribution in [3.63, 3.8) is 0 Å². The number of hydrogen-bond donors (Lipinski definition) is 2.